The van der Waals surface area contributed by atoms with Crippen LogP contribution >= 0.6 is 0 Å². The smallest absolute Gasteiger partial charge is 0.380 e. The zero-order valence-corrected chi connectivity index (χ0v) is 17.3. The lowest BCUT2D eigenvalue weighted by atomic mass is 10.2. The molecule has 0 heterocycles. The molecule has 4 aromatic rings. The zero-order valence-electron chi connectivity index (χ0n) is 16.3. The van der Waals surface area contributed by atoms with Crippen LogP contribution < -0.4 is 15.6 Å². The fourth-order valence-electron chi connectivity index (χ4n) is 3.49. The number of hydrogen-bond donors (Lipinski definition) is 0. The first-order valence-electron chi connectivity index (χ1n) is 9.71. The van der Waals surface area contributed by atoms with Gasteiger partial charge in [-0.05, 0) is 33.3 Å². The molecule has 4 heteroatoms. The van der Waals surface area contributed by atoms with Gasteiger partial charge in [0, 0.05) is 0 Å². The molecule has 0 aromatic heterocycles. The Kier molecular flexibility index (Phi) is 5.84. The van der Waals surface area contributed by atoms with Crippen molar-refractivity contribution in [2.45, 2.75) is 0 Å². The molecular formula is C26H20N2OSi. The summed E-state index contributed by atoms with van der Waals surface area (Å²) >= 11 is 0. The molecule has 0 bridgehead atoms. The maximum Gasteiger partial charge on any atom is 0.380 e. The van der Waals surface area contributed by atoms with Gasteiger partial charge in [0.05, 0.1) is 17.8 Å². The minimum atomic E-state index is -2.85. The van der Waals surface area contributed by atoms with E-state index in [9.17, 15) is 0 Å². The molecule has 0 spiro atoms. The molecule has 0 saturated carbocycles. The van der Waals surface area contributed by atoms with Crippen molar-refractivity contribution in [1.82, 2.24) is 0 Å². The van der Waals surface area contributed by atoms with Crippen molar-refractivity contribution in [3.05, 3.63) is 126 Å². The number of hydrogen-bond acceptors (Lipinski definition) is 3. The van der Waals surface area contributed by atoms with Crippen molar-refractivity contribution >= 4 is 30.1 Å². The summed E-state index contributed by atoms with van der Waals surface area (Å²) < 4.78 is 6.49. The average Bonchev–Trinajstić information content (AvgIpc) is 2.84. The Hall–Kier alpha value is -3.94. The maximum absolute atomic E-state index is 8.99. The highest BCUT2D eigenvalue weighted by molar-refractivity contribution is 7.07. The van der Waals surface area contributed by atoms with E-state index in [2.05, 4.69) is 47.6 Å². The summed E-state index contributed by atoms with van der Waals surface area (Å²) in [4.78, 5) is 0. The van der Waals surface area contributed by atoms with Crippen molar-refractivity contribution in [2.75, 3.05) is 0 Å². The number of rotatable bonds is 6. The van der Waals surface area contributed by atoms with Crippen LogP contribution in [0.3, 0.4) is 0 Å². The number of nitriles is 1. The second-order valence-electron chi connectivity index (χ2n) is 6.84. The van der Waals surface area contributed by atoms with Gasteiger partial charge in [-0.2, -0.15) is 5.26 Å². The van der Waals surface area contributed by atoms with Crippen molar-refractivity contribution in [3.63, 3.8) is 0 Å². The molecule has 144 valence electrons. The lowest BCUT2D eigenvalue weighted by molar-refractivity contribution is 0.351. The molecule has 0 aliphatic rings. The van der Waals surface area contributed by atoms with Crippen molar-refractivity contribution in [1.29, 1.82) is 5.26 Å². The molecule has 0 fully saturated rings. The van der Waals surface area contributed by atoms with Gasteiger partial charge in [-0.3, -0.25) is 0 Å². The lowest BCUT2D eigenvalue weighted by Gasteiger charge is -2.30. The van der Waals surface area contributed by atoms with E-state index in [-0.39, 0.29) is 0 Å². The molecule has 0 N–H and O–H groups in total. The summed E-state index contributed by atoms with van der Waals surface area (Å²) in [5.41, 5.74) is 1.50. The van der Waals surface area contributed by atoms with Gasteiger partial charge in [-0.25, -0.2) is 0 Å². The second kappa shape index (κ2) is 9.04. The predicted molar refractivity (Wildman–Crippen MR) is 124 cm³/mol. The van der Waals surface area contributed by atoms with Gasteiger partial charge in [0.15, 0.2) is 0 Å². The van der Waals surface area contributed by atoms with Gasteiger partial charge in [-0.1, -0.05) is 103 Å². The summed E-state index contributed by atoms with van der Waals surface area (Å²) in [6.45, 7) is 0. The van der Waals surface area contributed by atoms with Crippen LogP contribution in [-0.2, 0) is 4.53 Å². The third kappa shape index (κ3) is 3.93. The zero-order chi connectivity index (χ0) is 20.7. The summed E-state index contributed by atoms with van der Waals surface area (Å²) in [5.74, 6) is 0. The van der Waals surface area contributed by atoms with Gasteiger partial charge in [0.1, 0.15) is 0 Å². The number of oxime groups is 1. The minimum Gasteiger partial charge on any atom is -0.438 e. The average molecular weight is 405 g/mol. The Balaban J connectivity index is 1.82. The molecule has 0 radical (unpaired) electrons. The molecule has 3 nitrogen and oxygen atoms in total. The number of nitrogens with zero attached hydrogens (tertiary/aromatic N) is 2. The highest BCUT2D eigenvalue weighted by Gasteiger charge is 2.44. The Labute approximate surface area is 177 Å². The van der Waals surface area contributed by atoms with Crippen molar-refractivity contribution in [3.8, 4) is 6.07 Å². The molecule has 4 rings (SSSR count). The summed E-state index contributed by atoms with van der Waals surface area (Å²) in [6.07, 6.45) is 1.71. The standard InChI is InChI=1S/C26H20N2OSi/c27-20-22-16-18-23(19-17-22)21-28-29-30(24-10-4-1-5-11-24,25-12-6-2-7-13-25)26-14-8-3-9-15-26/h1-19,21H/b28-21+. The van der Waals surface area contributed by atoms with Crippen LogP contribution in [0.15, 0.2) is 120 Å². The number of benzene rings is 4. The van der Waals surface area contributed by atoms with E-state index >= 15 is 0 Å². The Morgan fingerprint density at radius 2 is 1.07 bits per heavy atom. The van der Waals surface area contributed by atoms with Crippen LogP contribution in [0.5, 0.6) is 0 Å². The summed E-state index contributed by atoms with van der Waals surface area (Å²) in [5, 5.41) is 16.8. The first-order chi connectivity index (χ1) is 14.8. The predicted octanol–water partition coefficient (Wildman–Crippen LogP) is 3.58. The van der Waals surface area contributed by atoms with Gasteiger partial charge in [0.2, 0.25) is 0 Å². The SMILES string of the molecule is N#Cc1ccc(/C=N/O[Si](c2ccccc2)(c2ccccc2)c2ccccc2)cc1. The maximum atomic E-state index is 8.99. The third-order valence-electron chi connectivity index (χ3n) is 4.97. The topological polar surface area (TPSA) is 45.4 Å². The van der Waals surface area contributed by atoms with E-state index in [0.29, 0.717) is 5.56 Å². The van der Waals surface area contributed by atoms with Crippen molar-refractivity contribution < 1.29 is 4.53 Å². The van der Waals surface area contributed by atoms with E-state index in [1.54, 1.807) is 18.3 Å². The van der Waals surface area contributed by atoms with Crippen molar-refractivity contribution in [2.24, 2.45) is 5.16 Å². The van der Waals surface area contributed by atoms with Crippen LogP contribution in [0.4, 0.5) is 0 Å². The molecule has 0 saturated heterocycles. The van der Waals surface area contributed by atoms with E-state index in [0.717, 1.165) is 21.1 Å². The summed E-state index contributed by atoms with van der Waals surface area (Å²) in [7, 11) is -2.85. The largest absolute Gasteiger partial charge is 0.438 e. The van der Waals surface area contributed by atoms with E-state index in [1.807, 2.05) is 66.7 Å². The Bertz CT molecular complexity index is 1060. The molecule has 0 unspecified atom stereocenters. The fourth-order valence-corrected chi connectivity index (χ4v) is 7.00. The summed E-state index contributed by atoms with van der Waals surface area (Å²) in [6, 6.07) is 40.4. The first kappa shape index (κ1) is 19.4. The van der Waals surface area contributed by atoms with Crippen LogP contribution in [0.2, 0.25) is 0 Å². The highest BCUT2D eigenvalue weighted by atomic mass is 28.4. The quantitative estimate of drug-likeness (QED) is 0.213. The second-order valence-corrected chi connectivity index (χ2v) is 10.1. The van der Waals surface area contributed by atoms with E-state index < -0.39 is 8.32 Å². The van der Waals surface area contributed by atoms with Crippen LogP contribution in [0.25, 0.3) is 0 Å². The molecule has 30 heavy (non-hydrogen) atoms. The highest BCUT2D eigenvalue weighted by Crippen LogP contribution is 2.11. The van der Waals surface area contributed by atoms with Crippen LogP contribution in [0.1, 0.15) is 11.1 Å². The molecule has 0 aliphatic heterocycles. The normalized spacial score (nSPS) is 11.2. The van der Waals surface area contributed by atoms with E-state index in [1.165, 1.54) is 0 Å². The molecule has 0 amide bonds. The van der Waals surface area contributed by atoms with Gasteiger partial charge in [0.25, 0.3) is 0 Å². The molecule has 0 aliphatic carbocycles. The molecular weight excluding hydrogens is 384 g/mol. The van der Waals surface area contributed by atoms with Gasteiger partial charge in [-0.15, -0.1) is 5.16 Å². The first-order valence-corrected chi connectivity index (χ1v) is 11.6. The molecule has 4 aromatic carbocycles. The van der Waals surface area contributed by atoms with Gasteiger partial charge < -0.3 is 4.53 Å². The molecule has 0 atom stereocenters. The minimum absolute atomic E-state index is 0.620. The van der Waals surface area contributed by atoms with Gasteiger partial charge >= 0.3 is 8.32 Å². The van der Waals surface area contributed by atoms with Crippen LogP contribution in [0, 0.1) is 11.3 Å². The van der Waals surface area contributed by atoms with E-state index in [4.69, 9.17) is 9.79 Å². The Morgan fingerprint density at radius 3 is 1.47 bits per heavy atom. The Morgan fingerprint density at radius 1 is 0.633 bits per heavy atom. The lowest BCUT2D eigenvalue weighted by Crippen LogP contribution is -2.68. The monoisotopic (exact) mass is 404 g/mol. The third-order valence-corrected chi connectivity index (χ3v) is 8.79. The van der Waals surface area contributed by atoms with Crippen LogP contribution in [-0.4, -0.2) is 14.5 Å². The fraction of sp³-hybridized carbons (Fsp3) is 0.